The van der Waals surface area contributed by atoms with Gasteiger partial charge in [-0.05, 0) is 41.1 Å². The first kappa shape index (κ1) is 20.8. The van der Waals surface area contributed by atoms with Gasteiger partial charge in [0.15, 0.2) is 0 Å². The number of H-pyrrole nitrogens is 1. The lowest BCUT2D eigenvalue weighted by Gasteiger charge is -2.17. The Kier molecular flexibility index (Phi) is 6.69. The van der Waals surface area contributed by atoms with Gasteiger partial charge in [-0.3, -0.25) is 4.79 Å². The summed E-state index contributed by atoms with van der Waals surface area (Å²) in [5, 5.41) is 3.65. The van der Waals surface area contributed by atoms with Crippen molar-refractivity contribution in [2.24, 2.45) is 0 Å². The maximum atomic E-state index is 13.1. The van der Waals surface area contributed by atoms with Crippen molar-refractivity contribution < 1.29 is 14.3 Å². The Morgan fingerprint density at radius 1 is 0.903 bits per heavy atom. The van der Waals surface area contributed by atoms with Crippen molar-refractivity contribution >= 4 is 33.9 Å². The van der Waals surface area contributed by atoms with Gasteiger partial charge in [-0.15, -0.1) is 0 Å². The highest BCUT2D eigenvalue weighted by molar-refractivity contribution is 8.13. The van der Waals surface area contributed by atoms with Gasteiger partial charge in [-0.25, -0.2) is 4.79 Å². The maximum absolute atomic E-state index is 13.1. The second-order valence-electron chi connectivity index (χ2n) is 7.06. The lowest BCUT2D eigenvalue weighted by molar-refractivity contribution is -0.112. The van der Waals surface area contributed by atoms with E-state index in [1.165, 1.54) is 0 Å². The van der Waals surface area contributed by atoms with Crippen molar-refractivity contribution in [3.05, 3.63) is 102 Å². The van der Waals surface area contributed by atoms with Crippen LogP contribution in [-0.4, -0.2) is 22.2 Å². The van der Waals surface area contributed by atoms with E-state index in [1.807, 2.05) is 91.1 Å². The summed E-state index contributed by atoms with van der Waals surface area (Å²) in [5.41, 5.74) is 2.84. The van der Waals surface area contributed by atoms with Crippen molar-refractivity contribution in [2.45, 2.75) is 24.0 Å². The van der Waals surface area contributed by atoms with Crippen LogP contribution in [0.4, 0.5) is 4.79 Å². The van der Waals surface area contributed by atoms with Crippen LogP contribution in [0.5, 0.6) is 0 Å². The lowest BCUT2D eigenvalue weighted by atomic mass is 10.1. The molecule has 2 N–H and O–H groups in total. The Morgan fingerprint density at radius 3 is 2.35 bits per heavy atom. The van der Waals surface area contributed by atoms with Crippen molar-refractivity contribution in [2.75, 3.05) is 0 Å². The molecule has 156 valence electrons. The number of hydrogen-bond acceptors (Lipinski definition) is 4. The minimum absolute atomic E-state index is 0.145. The molecule has 0 saturated carbocycles. The monoisotopic (exact) mass is 430 g/mol. The fourth-order valence-electron chi connectivity index (χ4n) is 3.30. The highest BCUT2D eigenvalue weighted by atomic mass is 32.2. The summed E-state index contributed by atoms with van der Waals surface area (Å²) in [6, 6.07) is 26.0. The van der Waals surface area contributed by atoms with E-state index in [-0.39, 0.29) is 11.7 Å². The number of para-hydroxylation sites is 1. The first-order valence-electron chi connectivity index (χ1n) is 9.98. The van der Waals surface area contributed by atoms with Gasteiger partial charge >= 0.3 is 6.09 Å². The van der Waals surface area contributed by atoms with Gasteiger partial charge in [0.2, 0.25) is 5.12 Å². The molecule has 0 fully saturated rings. The second-order valence-corrected chi connectivity index (χ2v) is 8.13. The molecular formula is C25H22N2O3S. The van der Waals surface area contributed by atoms with Gasteiger partial charge in [0.1, 0.15) is 12.6 Å². The molecule has 31 heavy (non-hydrogen) atoms. The van der Waals surface area contributed by atoms with Crippen LogP contribution in [0.25, 0.3) is 10.9 Å². The van der Waals surface area contributed by atoms with Gasteiger partial charge in [0.25, 0.3) is 0 Å². The molecule has 1 amide bonds. The van der Waals surface area contributed by atoms with Crippen LogP contribution in [-0.2, 0) is 22.6 Å². The SMILES string of the molecule is O=C(N[C@@H](Cc1c[nH]c2ccccc12)C(=O)Sc1ccccc1)OCc1ccccc1. The van der Waals surface area contributed by atoms with Gasteiger partial charge < -0.3 is 15.0 Å². The zero-order chi connectivity index (χ0) is 21.5. The van der Waals surface area contributed by atoms with Crippen LogP contribution in [0.2, 0.25) is 0 Å². The third-order valence-electron chi connectivity index (χ3n) is 4.85. The number of amides is 1. The molecule has 4 rings (SSSR count). The van der Waals surface area contributed by atoms with E-state index in [0.717, 1.165) is 38.7 Å². The number of aromatic amines is 1. The molecule has 0 spiro atoms. The smallest absolute Gasteiger partial charge is 0.408 e. The number of alkyl carbamates (subject to hydrolysis) is 1. The summed E-state index contributed by atoms with van der Waals surface area (Å²) in [6.07, 6.45) is 1.63. The minimum Gasteiger partial charge on any atom is -0.445 e. The fourth-order valence-corrected chi connectivity index (χ4v) is 4.11. The third kappa shape index (κ3) is 5.55. The molecule has 4 aromatic rings. The van der Waals surface area contributed by atoms with Crippen molar-refractivity contribution in [3.63, 3.8) is 0 Å². The zero-order valence-corrected chi connectivity index (χ0v) is 17.6. The number of aromatic nitrogens is 1. The topological polar surface area (TPSA) is 71.2 Å². The van der Waals surface area contributed by atoms with E-state index in [0.29, 0.717) is 6.42 Å². The van der Waals surface area contributed by atoms with Gasteiger partial charge in [0, 0.05) is 28.4 Å². The molecule has 5 nitrogen and oxygen atoms in total. The average molecular weight is 431 g/mol. The molecule has 1 aromatic heterocycles. The fraction of sp³-hybridized carbons (Fsp3) is 0.120. The standard InChI is InChI=1S/C25H22N2O3S/c28-24(31-20-11-5-2-6-12-20)23(15-19-16-26-22-14-8-7-13-21(19)22)27-25(29)30-17-18-9-3-1-4-10-18/h1-14,16,23,26H,15,17H2,(H,27,29)/t23-/m0/s1. The van der Waals surface area contributed by atoms with Crippen LogP contribution < -0.4 is 5.32 Å². The van der Waals surface area contributed by atoms with E-state index in [1.54, 1.807) is 0 Å². The van der Waals surface area contributed by atoms with Crippen molar-refractivity contribution in [1.82, 2.24) is 10.3 Å². The molecule has 0 unspecified atom stereocenters. The highest BCUT2D eigenvalue weighted by Gasteiger charge is 2.24. The van der Waals surface area contributed by atoms with Gasteiger partial charge in [-0.1, -0.05) is 66.7 Å². The number of fused-ring (bicyclic) bond motifs is 1. The minimum atomic E-state index is -0.729. The van der Waals surface area contributed by atoms with Crippen LogP contribution in [0.15, 0.2) is 96.0 Å². The number of carbonyl (C=O) groups excluding carboxylic acids is 2. The third-order valence-corrected chi connectivity index (χ3v) is 5.84. The number of carbonyl (C=O) groups is 2. The molecule has 1 atom stereocenters. The Labute approximate surface area is 184 Å². The number of benzene rings is 3. The number of nitrogens with one attached hydrogen (secondary N) is 2. The van der Waals surface area contributed by atoms with E-state index in [4.69, 9.17) is 4.74 Å². The van der Waals surface area contributed by atoms with Crippen LogP contribution in [0.1, 0.15) is 11.1 Å². The molecule has 0 aliphatic carbocycles. The normalized spacial score (nSPS) is 11.7. The summed E-state index contributed by atoms with van der Waals surface area (Å²) in [5.74, 6) is 0. The number of hydrogen-bond donors (Lipinski definition) is 2. The predicted octanol–water partition coefficient (Wildman–Crippen LogP) is 5.32. The van der Waals surface area contributed by atoms with Crippen LogP contribution in [0.3, 0.4) is 0 Å². The molecule has 0 radical (unpaired) electrons. The zero-order valence-electron chi connectivity index (χ0n) is 16.8. The summed E-state index contributed by atoms with van der Waals surface area (Å²) < 4.78 is 5.35. The summed E-state index contributed by atoms with van der Waals surface area (Å²) in [7, 11) is 0. The van der Waals surface area contributed by atoms with Gasteiger partial charge in [0.05, 0.1) is 0 Å². The molecule has 0 saturated heterocycles. The Balaban J connectivity index is 1.48. The van der Waals surface area contributed by atoms with Crippen molar-refractivity contribution in [1.29, 1.82) is 0 Å². The summed E-state index contributed by atoms with van der Waals surface area (Å²) >= 11 is 1.12. The number of ether oxygens (including phenoxy) is 1. The quantitative estimate of drug-likeness (QED) is 0.389. The summed E-state index contributed by atoms with van der Waals surface area (Å²) in [6.45, 7) is 0.145. The van der Waals surface area contributed by atoms with Crippen LogP contribution >= 0.6 is 11.8 Å². The molecule has 0 aliphatic rings. The highest BCUT2D eigenvalue weighted by Crippen LogP contribution is 2.24. The maximum Gasteiger partial charge on any atom is 0.408 e. The first-order valence-corrected chi connectivity index (χ1v) is 10.8. The number of rotatable bonds is 7. The largest absolute Gasteiger partial charge is 0.445 e. The Bertz CT molecular complexity index is 1160. The number of thioether (sulfide) groups is 1. The second kappa shape index (κ2) is 10.00. The molecule has 0 bridgehead atoms. The lowest BCUT2D eigenvalue weighted by Crippen LogP contribution is -2.41. The molecule has 1 heterocycles. The van der Waals surface area contributed by atoms with E-state index < -0.39 is 12.1 Å². The van der Waals surface area contributed by atoms with E-state index >= 15 is 0 Å². The molecule has 0 aliphatic heterocycles. The average Bonchev–Trinajstić information content (AvgIpc) is 3.21. The predicted molar refractivity (Wildman–Crippen MR) is 123 cm³/mol. The summed E-state index contributed by atoms with van der Waals surface area (Å²) in [4.78, 5) is 29.6. The van der Waals surface area contributed by atoms with Crippen LogP contribution in [0, 0.1) is 0 Å². The molecule has 6 heteroatoms. The first-order chi connectivity index (χ1) is 15.2. The van der Waals surface area contributed by atoms with E-state index in [9.17, 15) is 9.59 Å². The molecule has 3 aromatic carbocycles. The molecular weight excluding hydrogens is 408 g/mol. The van der Waals surface area contributed by atoms with Crippen molar-refractivity contribution in [3.8, 4) is 0 Å². The van der Waals surface area contributed by atoms with Gasteiger partial charge in [-0.2, -0.15) is 0 Å². The Hall–Kier alpha value is -3.51. The Morgan fingerprint density at radius 2 is 1.58 bits per heavy atom. The van der Waals surface area contributed by atoms with E-state index in [2.05, 4.69) is 10.3 Å².